The van der Waals surface area contributed by atoms with E-state index in [1.54, 1.807) is 23.3 Å². The zero-order valence-corrected chi connectivity index (χ0v) is 16.5. The highest BCUT2D eigenvalue weighted by Gasteiger charge is 2.20. The standard InChI is InChI=1S/C16H17N5O2S3/c1-26(22,23)13-9-17-16(18-10-13)20-4-6-21(7-5-20)25-12-2-3-15-14(8-12)19-11-24-15/h2-3,8-11H,4-7H2,1H3. The third kappa shape index (κ3) is 3.83. The second kappa shape index (κ2) is 7.10. The largest absolute Gasteiger partial charge is 0.338 e. The predicted octanol–water partition coefficient (Wildman–Crippen LogP) is 2.32. The van der Waals surface area contributed by atoms with E-state index in [0.717, 1.165) is 38.0 Å². The van der Waals surface area contributed by atoms with Gasteiger partial charge in [-0.15, -0.1) is 11.3 Å². The normalized spacial score (nSPS) is 16.3. The molecule has 7 nitrogen and oxygen atoms in total. The molecule has 0 bridgehead atoms. The summed E-state index contributed by atoms with van der Waals surface area (Å²) < 4.78 is 26.5. The molecule has 1 aliphatic heterocycles. The Morgan fingerprint density at radius 2 is 1.81 bits per heavy atom. The number of nitrogens with zero attached hydrogens (tertiary/aromatic N) is 5. The second-order valence-electron chi connectivity index (χ2n) is 5.98. The number of hydrogen-bond acceptors (Lipinski definition) is 9. The maximum Gasteiger partial charge on any atom is 0.225 e. The van der Waals surface area contributed by atoms with Crippen molar-refractivity contribution in [2.45, 2.75) is 9.79 Å². The fraction of sp³-hybridized carbons (Fsp3) is 0.312. The van der Waals surface area contributed by atoms with Crippen LogP contribution in [0.2, 0.25) is 0 Å². The number of aromatic nitrogens is 3. The molecule has 1 aromatic carbocycles. The van der Waals surface area contributed by atoms with E-state index in [9.17, 15) is 8.42 Å². The van der Waals surface area contributed by atoms with Crippen LogP contribution in [0.25, 0.3) is 10.2 Å². The first kappa shape index (κ1) is 17.7. The first-order valence-electron chi connectivity index (χ1n) is 8.02. The van der Waals surface area contributed by atoms with Crippen LogP contribution in [0.1, 0.15) is 0 Å². The Morgan fingerprint density at radius 3 is 2.50 bits per heavy atom. The van der Waals surface area contributed by atoms with Gasteiger partial charge in [-0.2, -0.15) is 0 Å². The molecule has 136 valence electrons. The van der Waals surface area contributed by atoms with E-state index < -0.39 is 9.84 Å². The molecule has 3 heterocycles. The average Bonchev–Trinajstić information content (AvgIpc) is 3.10. The van der Waals surface area contributed by atoms with Crippen molar-refractivity contribution in [2.24, 2.45) is 0 Å². The van der Waals surface area contributed by atoms with Crippen LogP contribution in [0.5, 0.6) is 0 Å². The van der Waals surface area contributed by atoms with Crippen molar-refractivity contribution in [3.8, 4) is 0 Å². The van der Waals surface area contributed by atoms with E-state index in [-0.39, 0.29) is 4.90 Å². The van der Waals surface area contributed by atoms with Crippen molar-refractivity contribution < 1.29 is 8.42 Å². The summed E-state index contributed by atoms with van der Waals surface area (Å²) in [5.41, 5.74) is 2.91. The van der Waals surface area contributed by atoms with Gasteiger partial charge < -0.3 is 4.90 Å². The van der Waals surface area contributed by atoms with Gasteiger partial charge in [0.25, 0.3) is 0 Å². The first-order valence-corrected chi connectivity index (χ1v) is 11.6. The molecule has 3 aromatic rings. The van der Waals surface area contributed by atoms with Gasteiger partial charge in [0, 0.05) is 37.3 Å². The van der Waals surface area contributed by atoms with Crippen molar-refractivity contribution in [1.29, 1.82) is 0 Å². The molecule has 0 saturated carbocycles. The van der Waals surface area contributed by atoms with Crippen LogP contribution in [0, 0.1) is 0 Å². The summed E-state index contributed by atoms with van der Waals surface area (Å²) in [6.45, 7) is 3.34. The van der Waals surface area contributed by atoms with Crippen LogP contribution in [-0.2, 0) is 9.84 Å². The zero-order chi connectivity index (χ0) is 18.1. The molecule has 2 aromatic heterocycles. The Balaban J connectivity index is 1.37. The summed E-state index contributed by atoms with van der Waals surface area (Å²) in [6.07, 6.45) is 3.91. The Bertz CT molecular complexity index is 1010. The summed E-state index contributed by atoms with van der Waals surface area (Å²) in [4.78, 5) is 16.2. The van der Waals surface area contributed by atoms with Crippen LogP contribution >= 0.6 is 23.3 Å². The number of piperazine rings is 1. The van der Waals surface area contributed by atoms with Gasteiger partial charge in [0.1, 0.15) is 4.90 Å². The maximum absolute atomic E-state index is 11.5. The van der Waals surface area contributed by atoms with Crippen LogP contribution in [0.4, 0.5) is 5.95 Å². The Kier molecular flexibility index (Phi) is 4.82. The lowest BCUT2D eigenvalue weighted by molar-refractivity contribution is 0.426. The molecule has 0 atom stereocenters. The van der Waals surface area contributed by atoms with Gasteiger partial charge in [-0.1, -0.05) is 0 Å². The monoisotopic (exact) mass is 407 g/mol. The molecular formula is C16H17N5O2S3. The molecular weight excluding hydrogens is 390 g/mol. The van der Waals surface area contributed by atoms with Crippen molar-refractivity contribution >= 4 is 49.3 Å². The van der Waals surface area contributed by atoms with Crippen LogP contribution in [0.15, 0.2) is 45.9 Å². The van der Waals surface area contributed by atoms with E-state index in [1.165, 1.54) is 22.0 Å². The number of hydrogen-bond donors (Lipinski definition) is 0. The minimum atomic E-state index is -3.26. The quantitative estimate of drug-likeness (QED) is 0.610. The highest BCUT2D eigenvalue weighted by atomic mass is 32.2. The summed E-state index contributed by atoms with van der Waals surface area (Å²) in [5.74, 6) is 0.575. The molecule has 1 aliphatic rings. The lowest BCUT2D eigenvalue weighted by Gasteiger charge is -2.33. The van der Waals surface area contributed by atoms with Gasteiger partial charge in [-0.05, 0) is 30.1 Å². The van der Waals surface area contributed by atoms with Crippen LogP contribution < -0.4 is 4.90 Å². The minimum Gasteiger partial charge on any atom is -0.338 e. The summed E-state index contributed by atoms with van der Waals surface area (Å²) in [5, 5.41) is 0. The summed E-state index contributed by atoms with van der Waals surface area (Å²) in [7, 11) is -3.26. The molecule has 10 heteroatoms. The van der Waals surface area contributed by atoms with Gasteiger partial charge >= 0.3 is 0 Å². The Labute approximate surface area is 160 Å². The van der Waals surface area contributed by atoms with E-state index in [1.807, 2.05) is 5.51 Å². The molecule has 1 saturated heterocycles. The maximum atomic E-state index is 11.5. The van der Waals surface area contributed by atoms with Gasteiger partial charge in [0.05, 0.1) is 28.1 Å². The Morgan fingerprint density at radius 1 is 1.08 bits per heavy atom. The molecule has 26 heavy (non-hydrogen) atoms. The number of rotatable bonds is 4. The van der Waals surface area contributed by atoms with Crippen molar-refractivity contribution in [1.82, 2.24) is 19.3 Å². The van der Waals surface area contributed by atoms with E-state index in [4.69, 9.17) is 0 Å². The zero-order valence-electron chi connectivity index (χ0n) is 14.1. The molecule has 0 unspecified atom stereocenters. The first-order chi connectivity index (χ1) is 12.5. The lowest BCUT2D eigenvalue weighted by atomic mass is 10.3. The fourth-order valence-electron chi connectivity index (χ4n) is 2.69. The lowest BCUT2D eigenvalue weighted by Crippen LogP contribution is -2.44. The van der Waals surface area contributed by atoms with Gasteiger partial charge in [0.15, 0.2) is 9.84 Å². The van der Waals surface area contributed by atoms with Crippen molar-refractivity contribution in [3.05, 3.63) is 36.1 Å². The number of thiazole rings is 1. The molecule has 0 N–H and O–H groups in total. The predicted molar refractivity (Wildman–Crippen MR) is 104 cm³/mol. The number of anilines is 1. The third-order valence-corrected chi connectivity index (χ3v) is 7.07. The van der Waals surface area contributed by atoms with E-state index in [2.05, 4.69) is 42.4 Å². The summed E-state index contributed by atoms with van der Waals surface area (Å²) >= 11 is 3.39. The highest BCUT2D eigenvalue weighted by molar-refractivity contribution is 7.97. The van der Waals surface area contributed by atoms with Gasteiger partial charge in [0.2, 0.25) is 5.95 Å². The molecule has 0 aliphatic carbocycles. The Hall–Kier alpha value is -1.75. The molecule has 4 rings (SSSR count). The van der Waals surface area contributed by atoms with Crippen molar-refractivity contribution in [3.63, 3.8) is 0 Å². The number of sulfone groups is 1. The van der Waals surface area contributed by atoms with Crippen LogP contribution in [-0.4, -0.2) is 60.1 Å². The van der Waals surface area contributed by atoms with Gasteiger partial charge in [-0.3, -0.25) is 0 Å². The average molecular weight is 408 g/mol. The van der Waals surface area contributed by atoms with Crippen LogP contribution in [0.3, 0.4) is 0 Å². The number of benzene rings is 1. The third-order valence-electron chi connectivity index (χ3n) is 4.10. The van der Waals surface area contributed by atoms with Gasteiger partial charge in [-0.25, -0.2) is 27.7 Å². The van der Waals surface area contributed by atoms with E-state index in [0.29, 0.717) is 5.95 Å². The SMILES string of the molecule is CS(=O)(=O)c1cnc(N2CCN(Sc3ccc4scnc4c3)CC2)nc1. The number of fused-ring (bicyclic) bond motifs is 1. The molecule has 0 radical (unpaired) electrons. The molecule has 1 fully saturated rings. The smallest absolute Gasteiger partial charge is 0.225 e. The fourth-order valence-corrected chi connectivity index (χ4v) is 4.77. The molecule has 0 spiro atoms. The second-order valence-corrected chi connectivity index (χ2v) is 10.1. The topological polar surface area (TPSA) is 79.3 Å². The minimum absolute atomic E-state index is 0.146. The molecule has 0 amide bonds. The highest BCUT2D eigenvalue weighted by Crippen LogP contribution is 2.28. The van der Waals surface area contributed by atoms with E-state index >= 15 is 0 Å². The van der Waals surface area contributed by atoms with Crippen molar-refractivity contribution in [2.75, 3.05) is 37.3 Å². The summed E-state index contributed by atoms with van der Waals surface area (Å²) in [6, 6.07) is 6.36.